The van der Waals surface area contributed by atoms with E-state index in [1.807, 2.05) is 0 Å². The summed E-state index contributed by atoms with van der Waals surface area (Å²) >= 11 is 5.99. The zero-order valence-electron chi connectivity index (χ0n) is 15.1. The topological polar surface area (TPSA) is 120 Å². The number of carbonyl (C=O) groups excluding carboxylic acids is 2. The highest BCUT2D eigenvalue weighted by Crippen LogP contribution is 2.23. The van der Waals surface area contributed by atoms with Gasteiger partial charge in [0.15, 0.2) is 0 Å². The van der Waals surface area contributed by atoms with Crippen LogP contribution in [-0.2, 0) is 16.0 Å². The summed E-state index contributed by atoms with van der Waals surface area (Å²) in [5, 5.41) is 4.15. The molecule has 0 saturated heterocycles. The van der Waals surface area contributed by atoms with Crippen molar-refractivity contribution in [2.45, 2.75) is 19.4 Å². The Balaban J connectivity index is 1.90. The van der Waals surface area contributed by atoms with Gasteiger partial charge in [-0.1, -0.05) is 23.7 Å². The SMILES string of the molecule is C[C@@H](C(N)=O)n1ccc2c(NC(=O)Cc3ccc(N)c(Cl)c3)cccc2c1=O. The molecule has 28 heavy (non-hydrogen) atoms. The Hall–Kier alpha value is -3.32. The van der Waals surface area contributed by atoms with Crippen LogP contribution in [0, 0.1) is 0 Å². The number of nitrogens with one attached hydrogen (secondary N) is 1. The highest BCUT2D eigenvalue weighted by molar-refractivity contribution is 6.33. The first-order valence-corrected chi connectivity index (χ1v) is 8.92. The Morgan fingerprint density at radius 3 is 2.61 bits per heavy atom. The molecule has 1 aromatic heterocycles. The van der Waals surface area contributed by atoms with E-state index in [2.05, 4.69) is 5.32 Å². The predicted octanol–water partition coefficient (Wildman–Crippen LogP) is 2.46. The third kappa shape index (κ3) is 3.84. The largest absolute Gasteiger partial charge is 0.398 e. The first kappa shape index (κ1) is 19.4. The van der Waals surface area contributed by atoms with Crippen LogP contribution in [-0.4, -0.2) is 16.4 Å². The standard InChI is InChI=1S/C20H19ClN4O3/c1-11(19(23)27)25-8-7-13-14(20(25)28)3-2-4-17(13)24-18(26)10-12-5-6-16(22)15(21)9-12/h2-9,11H,10,22H2,1H3,(H2,23,27)(H,24,26)/t11-/m0/s1. The molecule has 0 fully saturated rings. The average molecular weight is 399 g/mol. The second kappa shape index (κ2) is 7.74. The first-order valence-electron chi connectivity index (χ1n) is 8.55. The molecule has 8 heteroatoms. The van der Waals surface area contributed by atoms with Crippen LogP contribution in [0.1, 0.15) is 18.5 Å². The van der Waals surface area contributed by atoms with Gasteiger partial charge in [-0.15, -0.1) is 0 Å². The van der Waals surface area contributed by atoms with Crippen molar-refractivity contribution in [3.63, 3.8) is 0 Å². The van der Waals surface area contributed by atoms with Gasteiger partial charge in [-0.05, 0) is 42.8 Å². The molecule has 0 saturated carbocycles. The van der Waals surface area contributed by atoms with Gasteiger partial charge in [0.1, 0.15) is 6.04 Å². The van der Waals surface area contributed by atoms with Gasteiger partial charge in [-0.3, -0.25) is 14.4 Å². The van der Waals surface area contributed by atoms with Crippen LogP contribution in [0.3, 0.4) is 0 Å². The molecule has 0 radical (unpaired) electrons. The first-order chi connectivity index (χ1) is 13.3. The Bertz CT molecular complexity index is 1140. The highest BCUT2D eigenvalue weighted by Gasteiger charge is 2.15. The molecule has 5 N–H and O–H groups in total. The van der Waals surface area contributed by atoms with Crippen LogP contribution in [0.25, 0.3) is 10.8 Å². The monoisotopic (exact) mass is 398 g/mol. The minimum Gasteiger partial charge on any atom is -0.398 e. The molecule has 2 amide bonds. The van der Waals surface area contributed by atoms with Crippen LogP contribution in [0.2, 0.25) is 5.02 Å². The molecular formula is C20H19ClN4O3. The molecule has 0 aliphatic rings. The maximum atomic E-state index is 12.7. The van der Waals surface area contributed by atoms with Crippen molar-refractivity contribution in [3.05, 3.63) is 69.6 Å². The lowest BCUT2D eigenvalue weighted by atomic mass is 10.1. The van der Waals surface area contributed by atoms with Crippen molar-refractivity contribution in [1.29, 1.82) is 0 Å². The molecule has 3 rings (SSSR count). The number of hydrogen-bond acceptors (Lipinski definition) is 4. The van der Waals surface area contributed by atoms with Crippen LogP contribution in [0.4, 0.5) is 11.4 Å². The molecule has 1 atom stereocenters. The summed E-state index contributed by atoms with van der Waals surface area (Å²) in [4.78, 5) is 36.5. The normalized spacial score (nSPS) is 11.9. The van der Waals surface area contributed by atoms with Crippen molar-refractivity contribution in [3.8, 4) is 0 Å². The fraction of sp³-hybridized carbons (Fsp3) is 0.150. The van der Waals surface area contributed by atoms with E-state index in [0.717, 1.165) is 5.56 Å². The second-order valence-electron chi connectivity index (χ2n) is 6.45. The summed E-state index contributed by atoms with van der Waals surface area (Å²) in [7, 11) is 0. The molecular weight excluding hydrogens is 380 g/mol. The number of benzene rings is 2. The van der Waals surface area contributed by atoms with Crippen molar-refractivity contribution in [2.24, 2.45) is 5.73 Å². The summed E-state index contributed by atoms with van der Waals surface area (Å²) in [5.74, 6) is -0.865. The predicted molar refractivity (Wildman–Crippen MR) is 110 cm³/mol. The van der Waals surface area contributed by atoms with E-state index < -0.39 is 11.9 Å². The van der Waals surface area contributed by atoms with Gasteiger partial charge in [0.05, 0.1) is 17.1 Å². The molecule has 0 unspecified atom stereocenters. The van der Waals surface area contributed by atoms with Gasteiger partial charge >= 0.3 is 0 Å². The van der Waals surface area contributed by atoms with Crippen LogP contribution < -0.4 is 22.3 Å². The molecule has 0 aliphatic heterocycles. The molecule has 0 bridgehead atoms. The van der Waals surface area contributed by atoms with E-state index in [-0.39, 0.29) is 17.9 Å². The van der Waals surface area contributed by atoms with Crippen molar-refractivity contribution in [2.75, 3.05) is 11.1 Å². The van der Waals surface area contributed by atoms with E-state index in [1.165, 1.54) is 10.8 Å². The Morgan fingerprint density at radius 1 is 1.18 bits per heavy atom. The molecule has 3 aromatic rings. The second-order valence-corrected chi connectivity index (χ2v) is 6.86. The summed E-state index contributed by atoms with van der Waals surface area (Å²) in [6.07, 6.45) is 1.60. The number of pyridine rings is 1. The van der Waals surface area contributed by atoms with E-state index in [1.54, 1.807) is 49.4 Å². The van der Waals surface area contributed by atoms with Gasteiger partial charge in [0.25, 0.3) is 5.56 Å². The van der Waals surface area contributed by atoms with Crippen LogP contribution in [0.15, 0.2) is 53.5 Å². The van der Waals surface area contributed by atoms with Gasteiger partial charge in [0, 0.05) is 22.7 Å². The summed E-state index contributed by atoms with van der Waals surface area (Å²) < 4.78 is 1.27. The smallest absolute Gasteiger partial charge is 0.259 e. The Kier molecular flexibility index (Phi) is 5.37. The summed E-state index contributed by atoms with van der Waals surface area (Å²) in [6, 6.07) is 10.9. The average Bonchev–Trinajstić information content (AvgIpc) is 2.65. The number of aromatic nitrogens is 1. The molecule has 2 aromatic carbocycles. The number of amides is 2. The van der Waals surface area contributed by atoms with Crippen molar-refractivity contribution in [1.82, 2.24) is 4.57 Å². The van der Waals surface area contributed by atoms with Gasteiger partial charge in [-0.2, -0.15) is 0 Å². The number of anilines is 2. The molecule has 7 nitrogen and oxygen atoms in total. The van der Waals surface area contributed by atoms with Gasteiger partial charge in [0.2, 0.25) is 11.8 Å². The quantitative estimate of drug-likeness (QED) is 0.571. The minimum atomic E-state index is -0.773. The van der Waals surface area contributed by atoms with E-state index in [9.17, 15) is 14.4 Å². The number of nitrogens with two attached hydrogens (primary N) is 2. The Labute approximate surface area is 165 Å². The lowest BCUT2D eigenvalue weighted by molar-refractivity contribution is -0.120. The van der Waals surface area contributed by atoms with E-state index in [0.29, 0.717) is 27.2 Å². The zero-order valence-corrected chi connectivity index (χ0v) is 15.9. The van der Waals surface area contributed by atoms with Crippen LogP contribution in [0.5, 0.6) is 0 Å². The third-order valence-electron chi connectivity index (χ3n) is 4.51. The third-order valence-corrected chi connectivity index (χ3v) is 4.83. The van der Waals surface area contributed by atoms with Crippen molar-refractivity contribution >= 4 is 45.6 Å². The number of rotatable bonds is 5. The van der Waals surface area contributed by atoms with Crippen LogP contribution >= 0.6 is 11.6 Å². The summed E-state index contributed by atoms with van der Waals surface area (Å²) in [5.41, 5.74) is 12.3. The van der Waals surface area contributed by atoms with Gasteiger partial charge in [-0.25, -0.2) is 0 Å². The molecule has 0 spiro atoms. The fourth-order valence-electron chi connectivity index (χ4n) is 2.90. The van der Waals surface area contributed by atoms with Crippen molar-refractivity contribution < 1.29 is 9.59 Å². The number of hydrogen-bond donors (Lipinski definition) is 3. The Morgan fingerprint density at radius 2 is 1.93 bits per heavy atom. The number of nitrogen functional groups attached to an aromatic ring is 1. The number of primary amides is 1. The highest BCUT2D eigenvalue weighted by atomic mass is 35.5. The van der Waals surface area contributed by atoms with E-state index in [4.69, 9.17) is 23.1 Å². The number of carbonyl (C=O) groups is 2. The maximum absolute atomic E-state index is 12.7. The van der Waals surface area contributed by atoms with Gasteiger partial charge < -0.3 is 21.4 Å². The van der Waals surface area contributed by atoms with E-state index >= 15 is 0 Å². The number of halogens is 1. The fourth-order valence-corrected chi connectivity index (χ4v) is 3.11. The zero-order chi connectivity index (χ0) is 20.4. The lowest BCUT2D eigenvalue weighted by Gasteiger charge is -2.14. The lowest BCUT2D eigenvalue weighted by Crippen LogP contribution is -2.31. The number of fused-ring (bicyclic) bond motifs is 1. The number of nitrogens with zero attached hydrogens (tertiary/aromatic N) is 1. The molecule has 144 valence electrons. The molecule has 0 aliphatic carbocycles. The minimum absolute atomic E-state index is 0.103. The summed E-state index contributed by atoms with van der Waals surface area (Å²) in [6.45, 7) is 1.55. The molecule has 1 heterocycles. The maximum Gasteiger partial charge on any atom is 0.259 e.